The fourth-order valence-electron chi connectivity index (χ4n) is 3.63. The zero-order valence-electron chi connectivity index (χ0n) is 17.7. The van der Waals surface area contributed by atoms with E-state index in [4.69, 9.17) is 21.1 Å². The van der Waals surface area contributed by atoms with Gasteiger partial charge in [0.2, 0.25) is 0 Å². The van der Waals surface area contributed by atoms with E-state index < -0.39 is 5.97 Å². The van der Waals surface area contributed by atoms with E-state index in [1.807, 2.05) is 17.0 Å². The molecule has 2 heterocycles. The predicted octanol–water partition coefficient (Wildman–Crippen LogP) is 3.30. The van der Waals surface area contributed by atoms with Gasteiger partial charge < -0.3 is 19.4 Å². The third kappa shape index (κ3) is 5.15. The average Bonchev–Trinajstić information content (AvgIpc) is 3.03. The van der Waals surface area contributed by atoms with Crippen molar-refractivity contribution in [1.82, 2.24) is 14.8 Å². The Labute approximate surface area is 181 Å². The van der Waals surface area contributed by atoms with Gasteiger partial charge in [0.1, 0.15) is 18.1 Å². The Hall–Kier alpha value is -2.51. The van der Waals surface area contributed by atoms with Crippen LogP contribution in [0.1, 0.15) is 39.0 Å². The first-order valence-corrected chi connectivity index (χ1v) is 10.5. The first-order chi connectivity index (χ1) is 14.4. The highest BCUT2D eigenvalue weighted by molar-refractivity contribution is 6.30. The van der Waals surface area contributed by atoms with Gasteiger partial charge in [-0.05, 0) is 50.6 Å². The first kappa shape index (κ1) is 22.2. The molecule has 0 aliphatic carbocycles. The summed E-state index contributed by atoms with van der Waals surface area (Å²) in [6.07, 6.45) is 0. The molecule has 1 fully saturated rings. The van der Waals surface area contributed by atoms with Gasteiger partial charge >= 0.3 is 5.97 Å². The molecule has 0 radical (unpaired) electrons. The summed E-state index contributed by atoms with van der Waals surface area (Å²) in [5, 5.41) is 0.685. The Morgan fingerprint density at radius 1 is 1.10 bits per heavy atom. The molecule has 7 nitrogen and oxygen atoms in total. The number of aromatic amines is 1. The van der Waals surface area contributed by atoms with Crippen LogP contribution in [0.4, 0.5) is 0 Å². The second-order valence-corrected chi connectivity index (χ2v) is 7.72. The van der Waals surface area contributed by atoms with Crippen molar-refractivity contribution in [3.63, 3.8) is 0 Å². The molecule has 1 aliphatic heterocycles. The summed E-state index contributed by atoms with van der Waals surface area (Å²) in [4.78, 5) is 32.3. The summed E-state index contributed by atoms with van der Waals surface area (Å²) in [7, 11) is 0. The number of aromatic nitrogens is 1. The minimum Gasteiger partial charge on any atom is -0.492 e. The summed E-state index contributed by atoms with van der Waals surface area (Å²) < 4.78 is 10.9. The van der Waals surface area contributed by atoms with Crippen LogP contribution < -0.4 is 4.74 Å². The molecule has 1 aromatic heterocycles. The molecule has 0 bridgehead atoms. The van der Waals surface area contributed by atoms with E-state index in [0.717, 1.165) is 25.4 Å². The molecule has 0 unspecified atom stereocenters. The molecule has 1 aliphatic rings. The summed E-state index contributed by atoms with van der Waals surface area (Å²) in [6, 6.07) is 7.31. The number of esters is 1. The lowest BCUT2D eigenvalue weighted by molar-refractivity contribution is 0.0525. The Bertz CT molecular complexity index is 887. The van der Waals surface area contributed by atoms with Gasteiger partial charge in [-0.1, -0.05) is 11.6 Å². The number of aryl methyl sites for hydroxylation is 1. The molecule has 8 heteroatoms. The SMILES string of the molecule is CCOC(=O)c1c(C)[nH]c(C(=O)N2CCN(CCOc3ccc(Cl)cc3)CC2)c1C. The Kier molecular flexibility index (Phi) is 7.39. The van der Waals surface area contributed by atoms with Crippen molar-refractivity contribution < 1.29 is 19.1 Å². The Balaban J connectivity index is 1.51. The molecule has 1 saturated heterocycles. The minimum atomic E-state index is -0.395. The van der Waals surface area contributed by atoms with Crippen LogP contribution >= 0.6 is 11.6 Å². The smallest absolute Gasteiger partial charge is 0.340 e. The van der Waals surface area contributed by atoms with Gasteiger partial charge in [0.15, 0.2) is 0 Å². The number of hydrogen-bond acceptors (Lipinski definition) is 5. The maximum atomic E-state index is 13.0. The molecule has 1 amide bonds. The van der Waals surface area contributed by atoms with Crippen LogP contribution in [0, 0.1) is 13.8 Å². The minimum absolute atomic E-state index is 0.0804. The largest absolute Gasteiger partial charge is 0.492 e. The topological polar surface area (TPSA) is 74.9 Å². The number of amides is 1. The number of hydrogen-bond donors (Lipinski definition) is 1. The van der Waals surface area contributed by atoms with E-state index in [9.17, 15) is 9.59 Å². The van der Waals surface area contributed by atoms with Crippen molar-refractivity contribution in [2.75, 3.05) is 45.9 Å². The van der Waals surface area contributed by atoms with Crippen molar-refractivity contribution in [2.24, 2.45) is 0 Å². The van der Waals surface area contributed by atoms with Gasteiger partial charge in [0.25, 0.3) is 5.91 Å². The second-order valence-electron chi connectivity index (χ2n) is 7.28. The van der Waals surface area contributed by atoms with Crippen LogP contribution in [0.5, 0.6) is 5.75 Å². The molecule has 2 aromatic rings. The normalized spacial score (nSPS) is 14.6. The van der Waals surface area contributed by atoms with Crippen molar-refractivity contribution >= 4 is 23.5 Å². The third-order valence-electron chi connectivity index (χ3n) is 5.28. The van der Waals surface area contributed by atoms with E-state index in [-0.39, 0.29) is 5.91 Å². The van der Waals surface area contributed by atoms with Crippen LogP contribution in [0.2, 0.25) is 5.02 Å². The number of nitrogens with one attached hydrogen (secondary N) is 1. The Morgan fingerprint density at radius 3 is 2.40 bits per heavy atom. The lowest BCUT2D eigenvalue weighted by Crippen LogP contribution is -2.49. The number of benzene rings is 1. The highest BCUT2D eigenvalue weighted by Gasteiger charge is 2.28. The summed E-state index contributed by atoms with van der Waals surface area (Å²) in [5.74, 6) is 0.319. The average molecular weight is 434 g/mol. The number of H-pyrrole nitrogens is 1. The quantitative estimate of drug-likeness (QED) is 0.678. The number of halogens is 1. The Morgan fingerprint density at radius 2 is 1.77 bits per heavy atom. The van der Waals surface area contributed by atoms with Gasteiger partial charge in [0.05, 0.1) is 12.2 Å². The third-order valence-corrected chi connectivity index (χ3v) is 5.53. The van der Waals surface area contributed by atoms with Crippen LogP contribution in [0.3, 0.4) is 0 Å². The molecule has 0 spiro atoms. The van der Waals surface area contributed by atoms with Gasteiger partial charge in [0, 0.05) is 43.4 Å². The van der Waals surface area contributed by atoms with Gasteiger partial charge in [-0.3, -0.25) is 9.69 Å². The molecule has 30 heavy (non-hydrogen) atoms. The molecular formula is C22H28ClN3O4. The monoisotopic (exact) mass is 433 g/mol. The van der Waals surface area contributed by atoms with E-state index in [0.29, 0.717) is 53.8 Å². The number of nitrogens with zero attached hydrogens (tertiary/aromatic N) is 2. The fourth-order valence-corrected chi connectivity index (χ4v) is 3.76. The number of carbonyl (C=O) groups is 2. The van der Waals surface area contributed by atoms with Crippen LogP contribution in [0.25, 0.3) is 0 Å². The summed E-state index contributed by atoms with van der Waals surface area (Å²) in [5.41, 5.74) is 2.23. The van der Waals surface area contributed by atoms with Gasteiger partial charge in [-0.15, -0.1) is 0 Å². The molecule has 3 rings (SSSR count). The number of carbonyl (C=O) groups excluding carboxylic acids is 2. The second kappa shape index (κ2) is 10.00. The van der Waals surface area contributed by atoms with Crippen molar-refractivity contribution in [3.8, 4) is 5.75 Å². The van der Waals surface area contributed by atoms with E-state index in [1.165, 1.54) is 0 Å². The standard InChI is InChI=1S/C22H28ClN3O4/c1-4-29-22(28)19-15(2)20(24-16(19)3)21(27)26-11-9-25(10-12-26)13-14-30-18-7-5-17(23)6-8-18/h5-8,24H,4,9-14H2,1-3H3. The van der Waals surface area contributed by atoms with Gasteiger partial charge in [-0.2, -0.15) is 0 Å². The lowest BCUT2D eigenvalue weighted by Gasteiger charge is -2.34. The highest BCUT2D eigenvalue weighted by Crippen LogP contribution is 2.21. The highest BCUT2D eigenvalue weighted by atomic mass is 35.5. The molecule has 0 saturated carbocycles. The lowest BCUT2D eigenvalue weighted by atomic mass is 10.1. The van der Waals surface area contributed by atoms with Crippen molar-refractivity contribution in [3.05, 3.63) is 51.8 Å². The van der Waals surface area contributed by atoms with E-state index >= 15 is 0 Å². The number of piperazine rings is 1. The fraction of sp³-hybridized carbons (Fsp3) is 0.455. The van der Waals surface area contributed by atoms with Crippen LogP contribution in [-0.2, 0) is 4.74 Å². The zero-order chi connectivity index (χ0) is 21.7. The number of rotatable bonds is 7. The zero-order valence-corrected chi connectivity index (χ0v) is 18.4. The van der Waals surface area contributed by atoms with Gasteiger partial charge in [-0.25, -0.2) is 4.79 Å². The predicted molar refractivity (Wildman–Crippen MR) is 116 cm³/mol. The molecular weight excluding hydrogens is 406 g/mol. The van der Waals surface area contributed by atoms with E-state index in [2.05, 4.69) is 9.88 Å². The van der Waals surface area contributed by atoms with Crippen LogP contribution in [-0.4, -0.2) is 72.6 Å². The molecule has 1 N–H and O–H groups in total. The summed E-state index contributed by atoms with van der Waals surface area (Å²) in [6.45, 7) is 9.82. The number of ether oxygens (including phenoxy) is 2. The van der Waals surface area contributed by atoms with Crippen molar-refractivity contribution in [1.29, 1.82) is 0 Å². The summed E-state index contributed by atoms with van der Waals surface area (Å²) >= 11 is 5.88. The molecule has 162 valence electrons. The first-order valence-electron chi connectivity index (χ1n) is 10.2. The van der Waals surface area contributed by atoms with Crippen LogP contribution in [0.15, 0.2) is 24.3 Å². The maximum Gasteiger partial charge on any atom is 0.340 e. The maximum absolute atomic E-state index is 13.0. The molecule has 1 aromatic carbocycles. The molecule has 0 atom stereocenters. The van der Waals surface area contributed by atoms with Crippen molar-refractivity contribution in [2.45, 2.75) is 20.8 Å². The van der Waals surface area contributed by atoms with E-state index in [1.54, 1.807) is 32.9 Å².